The average molecular weight is 281 g/mol. The number of nitrogens with zero attached hydrogens (tertiary/aromatic N) is 3. The number of aliphatic hydroxyl groups excluding tert-OH is 1. The predicted octanol–water partition coefficient (Wildman–Crippen LogP) is -0.0611. The van der Waals surface area contributed by atoms with Crippen LogP contribution in [0.1, 0.15) is 0 Å². The number of hydrogen-bond acceptors (Lipinski definition) is 7. The molecule has 0 saturated carbocycles. The van der Waals surface area contributed by atoms with Crippen molar-refractivity contribution in [2.75, 3.05) is 52.0 Å². The van der Waals surface area contributed by atoms with Crippen LogP contribution < -0.4 is 14.4 Å². The van der Waals surface area contributed by atoms with Gasteiger partial charge in [-0.3, -0.25) is 0 Å². The number of aromatic nitrogens is 2. The Balaban J connectivity index is 1.87. The quantitative estimate of drug-likeness (QED) is 0.828. The SMILES string of the molecule is COc1cc(OC)nc(N2C[C@H]3COC[C@@]3(CO)C2)n1. The van der Waals surface area contributed by atoms with Gasteiger partial charge in [-0.25, -0.2) is 0 Å². The second kappa shape index (κ2) is 5.06. The highest BCUT2D eigenvalue weighted by atomic mass is 16.5. The molecule has 1 aromatic rings. The van der Waals surface area contributed by atoms with Crippen LogP contribution in [0.5, 0.6) is 11.8 Å². The van der Waals surface area contributed by atoms with Crippen molar-refractivity contribution in [2.45, 2.75) is 0 Å². The molecule has 3 heterocycles. The Morgan fingerprint density at radius 2 is 2.10 bits per heavy atom. The third kappa shape index (κ3) is 2.06. The summed E-state index contributed by atoms with van der Waals surface area (Å²) in [6.45, 7) is 2.85. The Labute approximate surface area is 117 Å². The minimum Gasteiger partial charge on any atom is -0.481 e. The Kier molecular flexibility index (Phi) is 3.39. The maximum absolute atomic E-state index is 9.70. The summed E-state index contributed by atoms with van der Waals surface area (Å²) >= 11 is 0. The molecule has 110 valence electrons. The molecule has 0 unspecified atom stereocenters. The zero-order chi connectivity index (χ0) is 14.2. The van der Waals surface area contributed by atoms with E-state index in [0.717, 1.165) is 6.54 Å². The summed E-state index contributed by atoms with van der Waals surface area (Å²) in [5.74, 6) is 1.83. The van der Waals surface area contributed by atoms with E-state index in [0.29, 0.717) is 43.4 Å². The van der Waals surface area contributed by atoms with Crippen molar-refractivity contribution >= 4 is 5.95 Å². The molecule has 2 aliphatic heterocycles. The van der Waals surface area contributed by atoms with Crippen molar-refractivity contribution in [1.29, 1.82) is 0 Å². The summed E-state index contributed by atoms with van der Waals surface area (Å²) in [5, 5.41) is 9.70. The molecule has 0 aliphatic carbocycles. The van der Waals surface area contributed by atoms with Gasteiger partial charge in [-0.15, -0.1) is 0 Å². The van der Waals surface area contributed by atoms with Crippen LogP contribution in [0, 0.1) is 11.3 Å². The Bertz CT molecular complexity index is 476. The van der Waals surface area contributed by atoms with Crippen molar-refractivity contribution in [2.24, 2.45) is 11.3 Å². The smallest absolute Gasteiger partial charge is 0.232 e. The van der Waals surface area contributed by atoms with E-state index in [-0.39, 0.29) is 12.0 Å². The maximum atomic E-state index is 9.70. The second-order valence-electron chi connectivity index (χ2n) is 5.37. The van der Waals surface area contributed by atoms with E-state index in [1.807, 2.05) is 0 Å². The lowest BCUT2D eigenvalue weighted by atomic mass is 9.82. The second-order valence-corrected chi connectivity index (χ2v) is 5.37. The molecule has 0 bridgehead atoms. The van der Waals surface area contributed by atoms with Gasteiger partial charge in [-0.05, 0) is 0 Å². The number of ether oxygens (including phenoxy) is 3. The molecule has 20 heavy (non-hydrogen) atoms. The van der Waals surface area contributed by atoms with E-state index in [2.05, 4.69) is 14.9 Å². The lowest BCUT2D eigenvalue weighted by Crippen LogP contribution is -2.34. The minimum absolute atomic E-state index is 0.120. The number of methoxy groups -OCH3 is 2. The monoisotopic (exact) mass is 281 g/mol. The molecule has 7 nitrogen and oxygen atoms in total. The van der Waals surface area contributed by atoms with Crippen molar-refractivity contribution in [3.8, 4) is 11.8 Å². The van der Waals surface area contributed by atoms with Crippen LogP contribution >= 0.6 is 0 Å². The normalized spacial score (nSPS) is 28.6. The van der Waals surface area contributed by atoms with Crippen LogP contribution in [0.25, 0.3) is 0 Å². The predicted molar refractivity (Wildman–Crippen MR) is 71.2 cm³/mol. The van der Waals surface area contributed by atoms with E-state index in [9.17, 15) is 5.11 Å². The van der Waals surface area contributed by atoms with E-state index in [4.69, 9.17) is 14.2 Å². The summed E-state index contributed by atoms with van der Waals surface area (Å²) in [6, 6.07) is 1.64. The zero-order valence-corrected chi connectivity index (χ0v) is 11.7. The number of anilines is 1. The molecule has 0 amide bonds. The summed E-state index contributed by atoms with van der Waals surface area (Å²) < 4.78 is 15.8. The molecule has 2 saturated heterocycles. The standard InChI is InChI=1S/C13H19N3O4/c1-18-10-3-11(19-2)15-12(14-10)16-4-9-5-20-8-13(9,6-16)7-17/h3,9,17H,4-8H2,1-2H3/t9-,13-/m0/s1. The van der Waals surface area contributed by atoms with E-state index in [1.54, 1.807) is 20.3 Å². The molecule has 2 aliphatic rings. The van der Waals surface area contributed by atoms with E-state index >= 15 is 0 Å². The van der Waals surface area contributed by atoms with Crippen molar-refractivity contribution < 1.29 is 19.3 Å². The van der Waals surface area contributed by atoms with Gasteiger partial charge in [0.1, 0.15) is 0 Å². The molecule has 7 heteroatoms. The first-order chi connectivity index (χ1) is 9.70. The molecule has 0 radical (unpaired) electrons. The molecule has 2 fully saturated rings. The van der Waals surface area contributed by atoms with Gasteiger partial charge in [-0.2, -0.15) is 9.97 Å². The largest absolute Gasteiger partial charge is 0.481 e. The Hall–Kier alpha value is -1.60. The Morgan fingerprint density at radius 1 is 1.40 bits per heavy atom. The van der Waals surface area contributed by atoms with Gasteiger partial charge < -0.3 is 24.2 Å². The van der Waals surface area contributed by atoms with Gasteiger partial charge in [0.2, 0.25) is 17.7 Å². The fourth-order valence-electron chi connectivity index (χ4n) is 2.95. The number of fused-ring (bicyclic) bond motifs is 1. The Morgan fingerprint density at radius 3 is 2.65 bits per heavy atom. The molecule has 0 spiro atoms. The summed E-state index contributed by atoms with van der Waals surface area (Å²) in [7, 11) is 3.13. The summed E-state index contributed by atoms with van der Waals surface area (Å²) in [4.78, 5) is 10.8. The van der Waals surface area contributed by atoms with Crippen molar-refractivity contribution in [1.82, 2.24) is 9.97 Å². The van der Waals surface area contributed by atoms with Crippen LogP contribution in [0.3, 0.4) is 0 Å². The lowest BCUT2D eigenvalue weighted by molar-refractivity contribution is 0.0988. The molecule has 2 atom stereocenters. The third-order valence-corrected chi connectivity index (χ3v) is 4.20. The van der Waals surface area contributed by atoms with Crippen molar-refractivity contribution in [3.05, 3.63) is 6.07 Å². The first kappa shape index (κ1) is 13.4. The first-order valence-electron chi connectivity index (χ1n) is 6.61. The van der Waals surface area contributed by atoms with Gasteiger partial charge >= 0.3 is 0 Å². The van der Waals surface area contributed by atoms with E-state index < -0.39 is 0 Å². The average Bonchev–Trinajstić information content (AvgIpc) is 3.03. The van der Waals surface area contributed by atoms with Crippen LogP contribution in [0.15, 0.2) is 6.07 Å². The number of hydrogen-bond donors (Lipinski definition) is 1. The van der Waals surface area contributed by atoms with Crippen molar-refractivity contribution in [3.63, 3.8) is 0 Å². The summed E-state index contributed by atoms with van der Waals surface area (Å²) in [6.07, 6.45) is 0. The fraction of sp³-hybridized carbons (Fsp3) is 0.692. The third-order valence-electron chi connectivity index (χ3n) is 4.20. The van der Waals surface area contributed by atoms with E-state index in [1.165, 1.54) is 0 Å². The van der Waals surface area contributed by atoms with Gasteiger partial charge in [0.25, 0.3) is 0 Å². The summed E-state index contributed by atoms with van der Waals surface area (Å²) in [5.41, 5.74) is -0.195. The highest BCUT2D eigenvalue weighted by Crippen LogP contribution is 2.42. The highest BCUT2D eigenvalue weighted by molar-refractivity contribution is 5.39. The van der Waals surface area contributed by atoms with Gasteiger partial charge in [0.05, 0.1) is 40.1 Å². The fourth-order valence-corrected chi connectivity index (χ4v) is 2.95. The first-order valence-corrected chi connectivity index (χ1v) is 6.61. The van der Waals surface area contributed by atoms with Crippen LogP contribution in [0.2, 0.25) is 0 Å². The highest BCUT2D eigenvalue weighted by Gasteiger charge is 2.51. The van der Waals surface area contributed by atoms with Gasteiger partial charge in [0, 0.05) is 24.4 Å². The molecule has 3 rings (SSSR count). The van der Waals surface area contributed by atoms with Crippen LogP contribution in [-0.2, 0) is 4.74 Å². The molecule has 1 aromatic heterocycles. The maximum Gasteiger partial charge on any atom is 0.232 e. The van der Waals surface area contributed by atoms with Gasteiger partial charge in [-0.1, -0.05) is 0 Å². The number of aliphatic hydroxyl groups is 1. The molecular weight excluding hydrogens is 262 g/mol. The topological polar surface area (TPSA) is 76.9 Å². The van der Waals surface area contributed by atoms with Crippen LogP contribution in [0.4, 0.5) is 5.95 Å². The molecule has 0 aromatic carbocycles. The van der Waals surface area contributed by atoms with Gasteiger partial charge in [0.15, 0.2) is 0 Å². The zero-order valence-electron chi connectivity index (χ0n) is 11.7. The minimum atomic E-state index is -0.195. The van der Waals surface area contributed by atoms with Crippen LogP contribution in [-0.4, -0.2) is 62.2 Å². The molecule has 1 N–H and O–H groups in total. The lowest BCUT2D eigenvalue weighted by Gasteiger charge is -2.24. The number of rotatable bonds is 4. The molecular formula is C13H19N3O4.